The molecule has 0 spiro atoms. The molecule has 2 rings (SSSR count). The smallest absolute Gasteiger partial charge is 0.306 e. The van der Waals surface area contributed by atoms with Gasteiger partial charge in [-0.1, -0.05) is 16.8 Å². The van der Waals surface area contributed by atoms with E-state index in [4.69, 9.17) is 25.6 Å². The van der Waals surface area contributed by atoms with Crippen molar-refractivity contribution in [3.05, 3.63) is 40.6 Å². The first kappa shape index (κ1) is 18.8. The Kier molecular flexibility index (Phi) is 6.82. The fourth-order valence-corrected chi connectivity index (χ4v) is 2.05. The summed E-state index contributed by atoms with van der Waals surface area (Å²) >= 11 is 5.94. The zero-order valence-corrected chi connectivity index (χ0v) is 14.8. The zero-order valence-electron chi connectivity index (χ0n) is 14.0. The van der Waals surface area contributed by atoms with Crippen molar-refractivity contribution < 1.29 is 23.6 Å². The first-order valence-corrected chi connectivity index (χ1v) is 8.09. The maximum Gasteiger partial charge on any atom is 0.306 e. The number of aromatic nitrogens is 1. The fraction of sp³-hybridized carbons (Fsp3) is 0.353. The summed E-state index contributed by atoms with van der Waals surface area (Å²) in [6.07, 6.45) is 0.632. The van der Waals surface area contributed by atoms with E-state index in [1.54, 1.807) is 25.1 Å². The van der Waals surface area contributed by atoms with Gasteiger partial charge in [-0.2, -0.15) is 0 Å². The highest BCUT2D eigenvalue weighted by atomic mass is 35.5. The molecular weight excluding hydrogens is 348 g/mol. The lowest BCUT2D eigenvalue weighted by Crippen LogP contribution is -2.21. The second kappa shape index (κ2) is 9.08. The van der Waals surface area contributed by atoms with Gasteiger partial charge in [0.15, 0.2) is 12.4 Å². The van der Waals surface area contributed by atoms with Crippen molar-refractivity contribution in [3.8, 4) is 5.75 Å². The maximum absolute atomic E-state index is 11.6. The van der Waals surface area contributed by atoms with Crippen molar-refractivity contribution in [1.82, 2.24) is 5.16 Å². The predicted octanol–water partition coefficient (Wildman–Crippen LogP) is 3.29. The van der Waals surface area contributed by atoms with Crippen LogP contribution in [-0.4, -0.2) is 30.2 Å². The van der Waals surface area contributed by atoms with Crippen LogP contribution in [0.1, 0.15) is 24.2 Å². The van der Waals surface area contributed by atoms with Crippen molar-refractivity contribution in [3.63, 3.8) is 0 Å². The van der Waals surface area contributed by atoms with Crippen LogP contribution in [0.5, 0.6) is 5.75 Å². The fourth-order valence-electron chi connectivity index (χ4n) is 1.94. The summed E-state index contributed by atoms with van der Waals surface area (Å²) in [5.41, 5.74) is 0.923. The third-order valence-electron chi connectivity index (χ3n) is 3.18. The van der Waals surface area contributed by atoms with Crippen LogP contribution in [0.3, 0.4) is 0 Å². The molecule has 1 heterocycles. The minimum absolute atomic E-state index is 0.156. The average Bonchev–Trinajstić information content (AvgIpc) is 2.97. The number of rotatable bonds is 8. The van der Waals surface area contributed by atoms with E-state index in [2.05, 4.69) is 10.5 Å². The average molecular weight is 367 g/mol. The number of anilines is 1. The van der Waals surface area contributed by atoms with Crippen molar-refractivity contribution in [2.75, 3.05) is 18.5 Å². The Morgan fingerprint density at radius 2 is 2.08 bits per heavy atom. The number of carbonyl (C=O) groups is 2. The summed E-state index contributed by atoms with van der Waals surface area (Å²) in [4.78, 5) is 23.2. The molecule has 2 aromatic rings. The van der Waals surface area contributed by atoms with Gasteiger partial charge in [-0.3, -0.25) is 9.59 Å². The number of carbonyl (C=O) groups excluding carboxylic acids is 2. The molecule has 0 aliphatic carbocycles. The Bertz CT molecular complexity index is 744. The SMILES string of the molecule is Cc1cc(NC(=O)COC(=O)CCCOc2ccc(Cl)c(C)c2)no1. The number of halogens is 1. The molecule has 1 aromatic heterocycles. The summed E-state index contributed by atoms with van der Waals surface area (Å²) < 4.78 is 15.2. The number of hydrogen-bond acceptors (Lipinski definition) is 6. The molecule has 25 heavy (non-hydrogen) atoms. The molecule has 0 radical (unpaired) electrons. The molecule has 7 nitrogen and oxygen atoms in total. The van der Waals surface area contributed by atoms with E-state index >= 15 is 0 Å². The number of ether oxygens (including phenoxy) is 2. The monoisotopic (exact) mass is 366 g/mol. The van der Waals surface area contributed by atoms with Crippen LogP contribution in [0, 0.1) is 13.8 Å². The predicted molar refractivity (Wildman–Crippen MR) is 91.7 cm³/mol. The van der Waals surface area contributed by atoms with Crippen LogP contribution in [0.15, 0.2) is 28.8 Å². The minimum Gasteiger partial charge on any atom is -0.494 e. The largest absolute Gasteiger partial charge is 0.494 e. The highest BCUT2D eigenvalue weighted by Gasteiger charge is 2.10. The molecule has 0 saturated carbocycles. The molecule has 0 atom stereocenters. The van der Waals surface area contributed by atoms with Gasteiger partial charge in [0.25, 0.3) is 5.91 Å². The molecule has 8 heteroatoms. The number of benzene rings is 1. The van der Waals surface area contributed by atoms with Gasteiger partial charge in [-0.15, -0.1) is 0 Å². The molecule has 1 aromatic carbocycles. The molecule has 0 aliphatic heterocycles. The standard InChI is InChI=1S/C17H19ClN2O5/c1-11-8-13(5-6-14(11)18)23-7-3-4-17(22)24-10-16(21)19-15-9-12(2)25-20-15/h5-6,8-9H,3-4,7,10H2,1-2H3,(H,19,20,21). The number of hydrogen-bond donors (Lipinski definition) is 1. The Morgan fingerprint density at radius 1 is 1.28 bits per heavy atom. The van der Waals surface area contributed by atoms with Crippen LogP contribution >= 0.6 is 11.6 Å². The Balaban J connectivity index is 1.60. The number of nitrogens with one attached hydrogen (secondary N) is 1. The van der Waals surface area contributed by atoms with Crippen molar-refractivity contribution in [1.29, 1.82) is 0 Å². The summed E-state index contributed by atoms with van der Waals surface area (Å²) in [6.45, 7) is 3.58. The zero-order chi connectivity index (χ0) is 18.2. The molecule has 0 bridgehead atoms. The molecule has 0 unspecified atom stereocenters. The van der Waals surface area contributed by atoms with Crippen molar-refractivity contribution in [2.24, 2.45) is 0 Å². The highest BCUT2D eigenvalue weighted by Crippen LogP contribution is 2.21. The van der Waals surface area contributed by atoms with E-state index in [0.29, 0.717) is 29.6 Å². The number of amides is 1. The second-order valence-electron chi connectivity index (χ2n) is 5.39. The van der Waals surface area contributed by atoms with E-state index in [1.807, 2.05) is 13.0 Å². The van der Waals surface area contributed by atoms with E-state index in [9.17, 15) is 9.59 Å². The van der Waals surface area contributed by atoms with Crippen molar-refractivity contribution in [2.45, 2.75) is 26.7 Å². The van der Waals surface area contributed by atoms with Gasteiger partial charge < -0.3 is 19.3 Å². The van der Waals surface area contributed by atoms with Gasteiger partial charge >= 0.3 is 5.97 Å². The summed E-state index contributed by atoms with van der Waals surface area (Å²) in [6, 6.07) is 6.92. The summed E-state index contributed by atoms with van der Waals surface area (Å²) in [5.74, 6) is 0.600. The topological polar surface area (TPSA) is 90.7 Å². The molecular formula is C17H19ClN2O5. The van der Waals surface area contributed by atoms with Crippen LogP contribution in [-0.2, 0) is 14.3 Å². The first-order valence-electron chi connectivity index (χ1n) is 7.72. The summed E-state index contributed by atoms with van der Waals surface area (Å²) in [7, 11) is 0. The van der Waals surface area contributed by atoms with Gasteiger partial charge in [0.2, 0.25) is 0 Å². The Morgan fingerprint density at radius 3 is 2.76 bits per heavy atom. The lowest BCUT2D eigenvalue weighted by molar-refractivity contribution is -0.147. The van der Waals surface area contributed by atoms with Crippen LogP contribution in [0.4, 0.5) is 5.82 Å². The van der Waals surface area contributed by atoms with Crippen LogP contribution < -0.4 is 10.1 Å². The molecule has 1 amide bonds. The molecule has 0 aliphatic rings. The first-order chi connectivity index (χ1) is 11.9. The van der Waals surface area contributed by atoms with E-state index in [1.165, 1.54) is 0 Å². The molecule has 0 saturated heterocycles. The molecule has 1 N–H and O–H groups in total. The van der Waals surface area contributed by atoms with E-state index in [0.717, 1.165) is 5.56 Å². The van der Waals surface area contributed by atoms with Gasteiger partial charge in [0.1, 0.15) is 11.5 Å². The molecule has 0 fully saturated rings. The van der Waals surface area contributed by atoms with Gasteiger partial charge in [0.05, 0.1) is 6.61 Å². The highest BCUT2D eigenvalue weighted by molar-refractivity contribution is 6.31. The van der Waals surface area contributed by atoms with Gasteiger partial charge in [-0.25, -0.2) is 0 Å². The molecule has 134 valence electrons. The maximum atomic E-state index is 11.6. The third kappa shape index (κ3) is 6.46. The quantitative estimate of drug-likeness (QED) is 0.569. The van der Waals surface area contributed by atoms with Gasteiger partial charge in [0, 0.05) is 17.5 Å². The second-order valence-corrected chi connectivity index (χ2v) is 5.80. The normalized spacial score (nSPS) is 10.4. The lowest BCUT2D eigenvalue weighted by atomic mass is 10.2. The lowest BCUT2D eigenvalue weighted by Gasteiger charge is -2.08. The minimum atomic E-state index is -0.477. The van der Waals surface area contributed by atoms with Gasteiger partial charge in [-0.05, 0) is 44.0 Å². The number of aryl methyl sites for hydroxylation is 2. The Hall–Kier alpha value is -2.54. The number of esters is 1. The van der Waals surface area contributed by atoms with E-state index in [-0.39, 0.29) is 18.8 Å². The third-order valence-corrected chi connectivity index (χ3v) is 3.61. The Labute approximate surface area is 150 Å². The summed E-state index contributed by atoms with van der Waals surface area (Å²) in [5, 5.41) is 6.75. The van der Waals surface area contributed by atoms with Crippen LogP contribution in [0.25, 0.3) is 0 Å². The van der Waals surface area contributed by atoms with Crippen molar-refractivity contribution >= 4 is 29.3 Å². The van der Waals surface area contributed by atoms with E-state index < -0.39 is 11.9 Å². The number of nitrogens with zero attached hydrogens (tertiary/aromatic N) is 1. The van der Waals surface area contributed by atoms with Crippen LogP contribution in [0.2, 0.25) is 5.02 Å².